The molecule has 12 heterocycles. The van der Waals surface area contributed by atoms with E-state index in [2.05, 4.69) is 389 Å². The molecule has 0 aliphatic carbocycles. The summed E-state index contributed by atoms with van der Waals surface area (Å²) in [7, 11) is 8.47. The number of fused-ring (bicyclic) bond motifs is 14. The van der Waals surface area contributed by atoms with Gasteiger partial charge in [0, 0.05) is 125 Å². The number of nitrogens with zero attached hydrogens (tertiary/aromatic N) is 16. The number of imidazole rings is 8. The van der Waals surface area contributed by atoms with Crippen molar-refractivity contribution >= 4 is 10.8 Å². The van der Waals surface area contributed by atoms with Gasteiger partial charge in [0.1, 0.15) is 95.6 Å². The first-order valence-electron chi connectivity index (χ1n) is 51.7. The summed E-state index contributed by atoms with van der Waals surface area (Å²) in [6.45, 7) is 42.6. The normalized spacial score (nSPS) is 13.3. The molecule has 0 amide bonds. The van der Waals surface area contributed by atoms with Gasteiger partial charge in [-0.3, -0.25) is 0 Å². The Balaban J connectivity index is 0.000000117. The van der Waals surface area contributed by atoms with Crippen LogP contribution in [0.4, 0.5) is 0 Å². The predicted octanol–water partition coefficient (Wildman–Crippen LogP) is 26.9. The van der Waals surface area contributed by atoms with Crippen LogP contribution >= 0.6 is 0 Å². The first-order chi connectivity index (χ1) is 68.7. The maximum atomic E-state index is 9.25. The molecular formula is C124H134N16+4. The molecule has 4 aliphatic heterocycles. The lowest BCUT2D eigenvalue weighted by Gasteiger charge is -2.21. The molecule has 0 fully saturated rings. The van der Waals surface area contributed by atoms with Crippen molar-refractivity contribution in [3.05, 3.63) is 393 Å². The monoisotopic (exact) mass is 1850 g/mol. The van der Waals surface area contributed by atoms with Crippen LogP contribution in [0.1, 0.15) is 276 Å². The zero-order valence-corrected chi connectivity index (χ0v) is 85.9. The van der Waals surface area contributed by atoms with Crippen molar-refractivity contribution < 1.29 is 23.8 Å². The van der Waals surface area contributed by atoms with Crippen LogP contribution in [0.5, 0.6) is 0 Å². The SMILES string of the molecule is Cc1c(-c2n(-c3c(C(C)C)cccc3C(C)C)cc[n+]2C)c2c(c3ccccc13)Cc1nccn1-2.Cc1ccc2c(c1-c1n(-c3c(C(C)C)cc(-c4ccccc4)cc3C(C)C)cc[n+]1C)-n1ccnc1C2.[2H]C(C)(C)c1cc(-c2ccccc2)cc(C([2H])(C)C)c1-n1cc[n+](C)c1-c1c(C)ccc2c1-n1ccnc1C2.[2H]C(C)(C)c1cccc(C([2H])(C)C)c1-n1cc[n+](C)c1-c1c(C)ccc2c1-n1ccnc1C2. The number of hydrogen-bond donors (Lipinski definition) is 0. The van der Waals surface area contributed by atoms with Gasteiger partial charge in [-0.25, -0.2) is 38.2 Å². The number of benzene rings is 11. The van der Waals surface area contributed by atoms with Gasteiger partial charge in [0.25, 0.3) is 23.3 Å². The Labute approximate surface area is 832 Å². The van der Waals surface area contributed by atoms with Crippen LogP contribution in [0.15, 0.2) is 281 Å². The Morgan fingerprint density at radius 1 is 0.257 bits per heavy atom. The average molecular weight is 1850 g/mol. The van der Waals surface area contributed by atoms with Crippen LogP contribution in [0.3, 0.4) is 0 Å². The molecule has 140 heavy (non-hydrogen) atoms. The Morgan fingerprint density at radius 3 is 0.886 bits per heavy atom. The predicted molar refractivity (Wildman–Crippen MR) is 569 cm³/mol. The zero-order chi connectivity index (χ0) is 102. The van der Waals surface area contributed by atoms with Crippen LogP contribution in [0.25, 0.3) is 124 Å². The van der Waals surface area contributed by atoms with Crippen LogP contribution < -0.4 is 18.3 Å². The summed E-state index contributed by atoms with van der Waals surface area (Å²) in [6.07, 6.45) is 36.4. The lowest BCUT2D eigenvalue weighted by molar-refractivity contribution is -0.659. The van der Waals surface area contributed by atoms with E-state index < -0.39 is 23.6 Å². The summed E-state index contributed by atoms with van der Waals surface area (Å²) in [4.78, 5) is 18.5. The van der Waals surface area contributed by atoms with Gasteiger partial charge in [-0.05, 0) is 177 Å². The highest BCUT2D eigenvalue weighted by Crippen LogP contribution is 2.49. The summed E-state index contributed by atoms with van der Waals surface area (Å²) in [6, 6.07) is 65.1. The van der Waals surface area contributed by atoms with Crippen LogP contribution in [-0.4, -0.2) is 56.5 Å². The van der Waals surface area contributed by atoms with E-state index in [1.807, 2.05) is 129 Å². The third-order valence-corrected chi connectivity index (χ3v) is 29.3. The quantitative estimate of drug-likeness (QED) is 0.0798. The second-order valence-electron chi connectivity index (χ2n) is 40.9. The third-order valence-electron chi connectivity index (χ3n) is 29.3. The lowest BCUT2D eigenvalue weighted by Crippen LogP contribution is -2.30. The van der Waals surface area contributed by atoms with Crippen molar-refractivity contribution in [3.63, 3.8) is 0 Å². The summed E-state index contributed by atoms with van der Waals surface area (Å²) >= 11 is 0. The summed E-state index contributed by atoms with van der Waals surface area (Å²) < 4.78 is 63.4. The Hall–Kier alpha value is -14.6. The highest BCUT2D eigenvalue weighted by molar-refractivity contribution is 5.99. The van der Waals surface area contributed by atoms with Gasteiger partial charge in [0.2, 0.25) is 0 Å². The fraction of sp³-hybridized carbons (Fsp3) is 0.290. The molecule has 0 unspecified atom stereocenters. The first-order valence-corrected chi connectivity index (χ1v) is 49.7. The largest absolute Gasteiger partial charge is 0.302 e. The second-order valence-corrected chi connectivity index (χ2v) is 40.9. The van der Waals surface area contributed by atoms with Crippen molar-refractivity contribution in [1.29, 1.82) is 0 Å². The first kappa shape index (κ1) is 88.1. The van der Waals surface area contributed by atoms with Gasteiger partial charge in [0.05, 0.1) is 73.2 Å². The third kappa shape index (κ3) is 16.0. The van der Waals surface area contributed by atoms with Gasteiger partial charge in [-0.15, -0.1) is 0 Å². The van der Waals surface area contributed by atoms with Crippen molar-refractivity contribution in [2.45, 2.75) is 211 Å². The molecule has 0 radical (unpaired) electrons. The molecule has 0 N–H and O–H groups in total. The fourth-order valence-electron chi connectivity index (χ4n) is 22.3. The van der Waals surface area contributed by atoms with Gasteiger partial charge in [0.15, 0.2) is 0 Å². The summed E-state index contributed by atoms with van der Waals surface area (Å²) in [5, 5.41) is 2.65. The molecule has 706 valence electrons. The maximum absolute atomic E-state index is 9.25. The minimum Gasteiger partial charge on any atom is -0.302 e. The smallest absolute Gasteiger partial charge is 0.296 e. The molecule has 16 nitrogen and oxygen atoms in total. The van der Waals surface area contributed by atoms with Crippen LogP contribution in [0, 0.1) is 27.7 Å². The van der Waals surface area contributed by atoms with E-state index >= 15 is 0 Å². The minimum absolute atomic E-state index is 0.375. The zero-order valence-electron chi connectivity index (χ0n) is 89.9. The number of para-hydroxylation sites is 2. The number of aromatic nitrogens is 16. The molecule has 19 aromatic rings. The molecule has 8 aromatic heterocycles. The molecule has 0 spiro atoms. The van der Waals surface area contributed by atoms with E-state index in [1.165, 1.54) is 140 Å². The van der Waals surface area contributed by atoms with Crippen LogP contribution in [0.2, 0.25) is 0 Å². The van der Waals surface area contributed by atoms with Crippen molar-refractivity contribution in [2.75, 3.05) is 0 Å². The summed E-state index contributed by atoms with van der Waals surface area (Å²) in [5.41, 5.74) is 38.1. The number of hydrogen-bond acceptors (Lipinski definition) is 4. The Bertz CT molecular complexity index is 8100. The maximum Gasteiger partial charge on any atom is 0.296 e. The molecule has 11 aromatic carbocycles. The van der Waals surface area contributed by atoms with E-state index in [-0.39, 0.29) is 0 Å². The molecule has 0 atom stereocenters. The van der Waals surface area contributed by atoms with E-state index in [9.17, 15) is 2.74 Å². The van der Waals surface area contributed by atoms with Crippen molar-refractivity contribution in [2.24, 2.45) is 28.2 Å². The van der Waals surface area contributed by atoms with Crippen molar-refractivity contribution in [3.8, 4) is 113 Å². The van der Waals surface area contributed by atoms with E-state index in [1.54, 1.807) is 0 Å². The minimum atomic E-state index is -0.897. The molecule has 0 saturated heterocycles. The molecule has 0 bridgehead atoms. The standard InChI is InChI=1S/2C33H35N4.C31H33N4.C27H31N4/c2*1-21(2)27-18-26(24-10-8-7-9-11-24)19-28(22(3)4)32(27)37-17-16-35(6)33(37)30-23(5)12-13-25-20-29-34-14-15-36(29)31(25)30;1-19(2)22-12-9-13-23(20(3)4)29(22)35-17-16-33(6)31(35)28-21(5)24-10-7-8-11-25(24)26-18-27-32-14-15-34(27)30(26)28;1-17(2)21-8-7-9-22(18(3)4)26(21)31-15-14-29(6)27(31)24-19(5)10-11-20-16-23-28-12-13-30(23)25(20)24/h2*7-19,21-22H,20H2,1-6H3;7-17,19-20H,18H2,1-6H3;7-15,17-18H,16H2,1-6H3/q4*+1/i21D,22D;;;17D,18D. The number of aryl methyl sites for hydroxylation is 8. The Morgan fingerprint density at radius 2 is 0.543 bits per heavy atom. The van der Waals surface area contributed by atoms with Gasteiger partial charge < -0.3 is 18.3 Å². The highest BCUT2D eigenvalue weighted by atomic mass is 15.2. The Kier molecular flexibility index (Phi) is 23.4. The summed E-state index contributed by atoms with van der Waals surface area (Å²) in [5.74, 6) is 6.96. The van der Waals surface area contributed by atoms with E-state index in [0.29, 0.717) is 23.7 Å². The number of rotatable bonds is 18. The molecular weight excluding hydrogens is 1710 g/mol. The molecule has 4 aliphatic rings. The molecule has 0 saturated carbocycles. The second kappa shape index (κ2) is 37.3. The van der Waals surface area contributed by atoms with Crippen LogP contribution in [-0.2, 0) is 53.9 Å². The topological polar surface area (TPSA) is 107 Å². The fourth-order valence-corrected chi connectivity index (χ4v) is 22.3. The molecule has 23 rings (SSSR count). The van der Waals surface area contributed by atoms with Gasteiger partial charge >= 0.3 is 0 Å². The van der Waals surface area contributed by atoms with Gasteiger partial charge in [-0.1, -0.05) is 269 Å². The van der Waals surface area contributed by atoms with E-state index in [0.717, 1.165) is 122 Å². The lowest BCUT2D eigenvalue weighted by atomic mass is 9.88. The van der Waals surface area contributed by atoms with Gasteiger partial charge in [-0.2, -0.15) is 18.3 Å². The molecule has 16 heteroatoms. The average Bonchev–Trinajstić information content (AvgIpc) is 1.56. The van der Waals surface area contributed by atoms with Crippen molar-refractivity contribution in [1.82, 2.24) is 56.5 Å². The highest BCUT2D eigenvalue weighted by Gasteiger charge is 2.40. The van der Waals surface area contributed by atoms with E-state index in [4.69, 9.17) is 7.73 Å².